The lowest BCUT2D eigenvalue weighted by Crippen LogP contribution is -2.51. The Morgan fingerprint density at radius 1 is 1.22 bits per heavy atom. The van der Waals surface area contributed by atoms with Crippen LogP contribution in [0, 0.1) is 11.6 Å². The van der Waals surface area contributed by atoms with Crippen LogP contribution in [0.3, 0.4) is 0 Å². The molecule has 0 bridgehead atoms. The second-order valence-corrected chi connectivity index (χ2v) is 6.74. The van der Waals surface area contributed by atoms with E-state index in [1.807, 2.05) is 36.4 Å². The Morgan fingerprint density at radius 2 is 1.89 bits per heavy atom. The first-order valence-electron chi connectivity index (χ1n) is 8.82. The monoisotopic (exact) mass is 372 g/mol. The van der Waals surface area contributed by atoms with E-state index >= 15 is 0 Å². The van der Waals surface area contributed by atoms with Crippen LogP contribution in [0.25, 0.3) is 5.57 Å². The molecule has 27 heavy (non-hydrogen) atoms. The highest BCUT2D eigenvalue weighted by molar-refractivity contribution is 5.73. The second kappa shape index (κ2) is 8.41. The maximum absolute atomic E-state index is 13.5. The quantitative estimate of drug-likeness (QED) is 0.730. The summed E-state index contributed by atoms with van der Waals surface area (Å²) in [5.74, 6) is -1.70. The molecule has 3 rings (SSSR count). The van der Waals surface area contributed by atoms with Crippen molar-refractivity contribution in [3.05, 3.63) is 77.4 Å². The lowest BCUT2D eigenvalue weighted by atomic mass is 9.95. The van der Waals surface area contributed by atoms with Gasteiger partial charge in [-0.05, 0) is 35.3 Å². The van der Waals surface area contributed by atoms with E-state index in [1.54, 1.807) is 0 Å². The Morgan fingerprint density at radius 3 is 2.52 bits per heavy atom. The van der Waals surface area contributed by atoms with E-state index in [-0.39, 0.29) is 18.4 Å². The van der Waals surface area contributed by atoms with E-state index in [4.69, 9.17) is 0 Å². The number of benzene rings is 2. The number of amides is 1. The molecule has 2 aromatic rings. The molecule has 0 fully saturated rings. The fraction of sp³-hybridized carbons (Fsp3) is 0.286. The average Bonchev–Trinajstić information content (AvgIpc) is 3.10. The number of hydrogen-bond donors (Lipinski definition) is 3. The summed E-state index contributed by atoms with van der Waals surface area (Å²) in [4.78, 5) is 11.6. The molecule has 0 aliphatic carbocycles. The Hall–Kier alpha value is -2.57. The molecule has 142 valence electrons. The summed E-state index contributed by atoms with van der Waals surface area (Å²) in [6.07, 6.45) is 1.09. The first-order valence-corrected chi connectivity index (χ1v) is 8.82. The topological polar surface area (TPSA) is 61.4 Å². The Labute approximate surface area is 156 Å². The van der Waals surface area contributed by atoms with Gasteiger partial charge in [0.2, 0.25) is 5.91 Å². The van der Waals surface area contributed by atoms with E-state index in [0.29, 0.717) is 12.1 Å². The maximum atomic E-state index is 13.5. The highest BCUT2D eigenvalue weighted by Gasteiger charge is 2.30. The van der Waals surface area contributed by atoms with Gasteiger partial charge < -0.3 is 15.7 Å². The zero-order valence-electron chi connectivity index (χ0n) is 15.0. The van der Waals surface area contributed by atoms with Crippen LogP contribution in [0.4, 0.5) is 8.78 Å². The summed E-state index contributed by atoms with van der Waals surface area (Å²) in [7, 11) is 0. The molecule has 2 aromatic carbocycles. The van der Waals surface area contributed by atoms with Crippen molar-refractivity contribution in [2.45, 2.75) is 31.5 Å². The minimum absolute atomic E-state index is 0.113. The lowest BCUT2D eigenvalue weighted by Gasteiger charge is -2.27. The fourth-order valence-corrected chi connectivity index (χ4v) is 3.38. The highest BCUT2D eigenvalue weighted by Crippen LogP contribution is 2.22. The van der Waals surface area contributed by atoms with Gasteiger partial charge in [0.25, 0.3) is 0 Å². The molecule has 0 aromatic heterocycles. The first kappa shape index (κ1) is 19.2. The van der Waals surface area contributed by atoms with Crippen LogP contribution in [0.2, 0.25) is 0 Å². The summed E-state index contributed by atoms with van der Waals surface area (Å²) in [5.41, 5.74) is 2.48. The number of carbonyl (C=O) groups excluding carboxylic acids is 1. The molecule has 4 nitrogen and oxygen atoms in total. The van der Waals surface area contributed by atoms with Crippen LogP contribution >= 0.6 is 0 Å². The normalized spacial score (nSPS) is 18.7. The Balaban J connectivity index is 1.78. The van der Waals surface area contributed by atoms with Crippen molar-refractivity contribution in [3.63, 3.8) is 0 Å². The zero-order chi connectivity index (χ0) is 19.4. The second-order valence-electron chi connectivity index (χ2n) is 6.74. The van der Waals surface area contributed by atoms with Gasteiger partial charge in [0.15, 0.2) is 0 Å². The van der Waals surface area contributed by atoms with Gasteiger partial charge in [0.05, 0.1) is 18.2 Å². The van der Waals surface area contributed by atoms with Crippen LogP contribution in [0.1, 0.15) is 18.1 Å². The molecule has 6 heteroatoms. The molecule has 0 saturated heterocycles. The third kappa shape index (κ3) is 4.99. The summed E-state index contributed by atoms with van der Waals surface area (Å²) < 4.78 is 26.9. The van der Waals surface area contributed by atoms with Gasteiger partial charge in [-0.15, -0.1) is 0 Å². The van der Waals surface area contributed by atoms with Gasteiger partial charge in [0.1, 0.15) is 11.6 Å². The molecule has 3 N–H and O–H groups in total. The van der Waals surface area contributed by atoms with E-state index < -0.39 is 23.8 Å². The van der Waals surface area contributed by atoms with Gasteiger partial charge in [-0.3, -0.25) is 4.79 Å². The zero-order valence-corrected chi connectivity index (χ0v) is 15.0. The molecule has 0 radical (unpaired) electrons. The standard InChI is InChI=1S/C21H22F2N2O2/c1-13(26)25-20(9-14-7-17(22)11-18(23)8-14)21(27)19-10-16(12-24-19)15-5-3-2-4-6-15/h2-8,10-11,19-21,24,27H,9,12H2,1H3,(H,25,26)/t19-,20+,21-/m1/s1. The summed E-state index contributed by atoms with van der Waals surface area (Å²) >= 11 is 0. The smallest absolute Gasteiger partial charge is 0.217 e. The number of rotatable bonds is 6. The van der Waals surface area contributed by atoms with Crippen molar-refractivity contribution in [3.8, 4) is 0 Å². The average molecular weight is 372 g/mol. The molecule has 3 atom stereocenters. The minimum atomic E-state index is -0.957. The van der Waals surface area contributed by atoms with Gasteiger partial charge in [0, 0.05) is 19.5 Å². The van der Waals surface area contributed by atoms with Crippen LogP contribution in [-0.4, -0.2) is 35.7 Å². The molecule has 0 saturated carbocycles. The predicted octanol–water partition coefficient (Wildman–Crippen LogP) is 2.43. The van der Waals surface area contributed by atoms with Gasteiger partial charge in [-0.1, -0.05) is 36.4 Å². The molecular formula is C21H22F2N2O2. The maximum Gasteiger partial charge on any atom is 0.217 e. The summed E-state index contributed by atoms with van der Waals surface area (Å²) in [5, 5.41) is 16.7. The van der Waals surface area contributed by atoms with E-state index in [0.717, 1.165) is 17.2 Å². The number of aliphatic hydroxyl groups excluding tert-OH is 1. The molecular weight excluding hydrogens is 350 g/mol. The molecule has 1 amide bonds. The molecule has 0 unspecified atom stereocenters. The minimum Gasteiger partial charge on any atom is -0.389 e. The van der Waals surface area contributed by atoms with E-state index in [1.165, 1.54) is 19.1 Å². The Kier molecular flexibility index (Phi) is 5.98. The third-order valence-electron chi connectivity index (χ3n) is 4.60. The van der Waals surface area contributed by atoms with Crippen molar-refractivity contribution in [1.82, 2.24) is 10.6 Å². The predicted molar refractivity (Wildman–Crippen MR) is 99.9 cm³/mol. The lowest BCUT2D eigenvalue weighted by molar-refractivity contribution is -0.120. The number of nitrogens with one attached hydrogen (secondary N) is 2. The van der Waals surface area contributed by atoms with Crippen LogP contribution < -0.4 is 10.6 Å². The SMILES string of the molecule is CC(=O)N[C@@H](Cc1cc(F)cc(F)c1)[C@H](O)[C@H]1C=C(c2ccccc2)CN1. The van der Waals surface area contributed by atoms with Crippen molar-refractivity contribution in [2.24, 2.45) is 0 Å². The van der Waals surface area contributed by atoms with Crippen molar-refractivity contribution in [2.75, 3.05) is 6.54 Å². The molecule has 0 spiro atoms. The molecule has 1 aliphatic rings. The van der Waals surface area contributed by atoms with Crippen LogP contribution in [0.15, 0.2) is 54.6 Å². The van der Waals surface area contributed by atoms with Crippen LogP contribution in [0.5, 0.6) is 0 Å². The van der Waals surface area contributed by atoms with E-state index in [9.17, 15) is 18.7 Å². The van der Waals surface area contributed by atoms with Crippen molar-refractivity contribution in [1.29, 1.82) is 0 Å². The van der Waals surface area contributed by atoms with Crippen molar-refractivity contribution >= 4 is 11.5 Å². The number of carbonyl (C=O) groups is 1. The third-order valence-corrected chi connectivity index (χ3v) is 4.60. The highest BCUT2D eigenvalue weighted by atomic mass is 19.1. The number of aliphatic hydroxyl groups is 1. The fourth-order valence-electron chi connectivity index (χ4n) is 3.38. The largest absolute Gasteiger partial charge is 0.389 e. The van der Waals surface area contributed by atoms with Crippen molar-refractivity contribution < 1.29 is 18.7 Å². The van der Waals surface area contributed by atoms with E-state index in [2.05, 4.69) is 10.6 Å². The summed E-state index contributed by atoms with van der Waals surface area (Å²) in [6, 6.07) is 11.9. The summed E-state index contributed by atoms with van der Waals surface area (Å²) in [6.45, 7) is 1.94. The number of halogens is 2. The van der Waals surface area contributed by atoms with Gasteiger partial charge >= 0.3 is 0 Å². The molecule has 1 aliphatic heterocycles. The van der Waals surface area contributed by atoms with Gasteiger partial charge in [-0.2, -0.15) is 0 Å². The first-order chi connectivity index (χ1) is 12.9. The van der Waals surface area contributed by atoms with Gasteiger partial charge in [-0.25, -0.2) is 8.78 Å². The van der Waals surface area contributed by atoms with Crippen LogP contribution in [-0.2, 0) is 11.2 Å². The molecule has 1 heterocycles. The Bertz CT molecular complexity index is 819. The number of hydrogen-bond acceptors (Lipinski definition) is 3.